The van der Waals surface area contributed by atoms with Gasteiger partial charge in [-0.1, -0.05) is 20.3 Å². The van der Waals surface area contributed by atoms with Crippen molar-refractivity contribution in [3.63, 3.8) is 0 Å². The summed E-state index contributed by atoms with van der Waals surface area (Å²) in [4.78, 5) is 23.7. The summed E-state index contributed by atoms with van der Waals surface area (Å²) < 4.78 is 18.0. The molecule has 0 heterocycles. The van der Waals surface area contributed by atoms with Crippen LogP contribution in [0.2, 0.25) is 0 Å². The third kappa shape index (κ3) is 3.69. The van der Waals surface area contributed by atoms with Gasteiger partial charge in [0.15, 0.2) is 0 Å². The lowest BCUT2D eigenvalue weighted by atomic mass is 9.99. The number of halogens is 1. The molecule has 0 aliphatic rings. The number of nitrogen functional groups attached to an aromatic ring is 1. The molecule has 0 saturated heterocycles. The third-order valence-electron chi connectivity index (χ3n) is 3.22. The highest BCUT2D eigenvalue weighted by Crippen LogP contribution is 2.14. The van der Waals surface area contributed by atoms with Crippen molar-refractivity contribution in [1.82, 2.24) is 5.32 Å². The maximum Gasteiger partial charge on any atom is 0.328 e. The van der Waals surface area contributed by atoms with Gasteiger partial charge in [0.25, 0.3) is 5.91 Å². The number of hydrogen-bond donors (Lipinski definition) is 2. The van der Waals surface area contributed by atoms with E-state index in [2.05, 4.69) is 10.1 Å². The Hall–Kier alpha value is -2.11. The fourth-order valence-electron chi connectivity index (χ4n) is 1.69. The van der Waals surface area contributed by atoms with E-state index in [0.29, 0.717) is 6.42 Å². The summed E-state index contributed by atoms with van der Waals surface area (Å²) in [5, 5.41) is 2.56. The first-order valence-corrected chi connectivity index (χ1v) is 6.34. The number of benzene rings is 1. The molecule has 110 valence electrons. The topological polar surface area (TPSA) is 81.4 Å². The maximum atomic E-state index is 13.3. The van der Waals surface area contributed by atoms with Crippen LogP contribution in [0.4, 0.5) is 10.1 Å². The van der Waals surface area contributed by atoms with Gasteiger partial charge < -0.3 is 15.8 Å². The number of carbonyl (C=O) groups excluding carboxylic acids is 2. The molecule has 3 N–H and O–H groups in total. The van der Waals surface area contributed by atoms with Crippen LogP contribution in [0.3, 0.4) is 0 Å². The minimum atomic E-state index is -0.766. The van der Waals surface area contributed by atoms with Gasteiger partial charge in [-0.25, -0.2) is 9.18 Å². The number of amides is 1. The molecule has 1 aromatic carbocycles. The normalized spacial score (nSPS) is 13.4. The number of hydrogen-bond acceptors (Lipinski definition) is 4. The highest BCUT2D eigenvalue weighted by Gasteiger charge is 2.27. The van der Waals surface area contributed by atoms with Crippen LogP contribution in [0.15, 0.2) is 18.2 Å². The second-order valence-corrected chi connectivity index (χ2v) is 4.60. The van der Waals surface area contributed by atoms with Gasteiger partial charge >= 0.3 is 5.97 Å². The standard InChI is InChI=1S/C14H19FN2O3/c1-4-8(2)12(14(19)20-3)17-13(18)9-5-6-11(16)10(15)7-9/h5-8,12H,4,16H2,1-3H3,(H,17,18). The highest BCUT2D eigenvalue weighted by atomic mass is 19.1. The molecule has 0 aliphatic heterocycles. The summed E-state index contributed by atoms with van der Waals surface area (Å²) in [6, 6.07) is 2.98. The van der Waals surface area contributed by atoms with Gasteiger partial charge in [0, 0.05) is 5.56 Å². The maximum absolute atomic E-state index is 13.3. The quantitative estimate of drug-likeness (QED) is 0.636. The average molecular weight is 282 g/mol. The molecule has 0 aliphatic carbocycles. The molecule has 0 saturated carbocycles. The SMILES string of the molecule is CCC(C)C(NC(=O)c1ccc(N)c(F)c1)C(=O)OC. The van der Waals surface area contributed by atoms with Gasteiger partial charge in [0.2, 0.25) is 0 Å². The van der Waals surface area contributed by atoms with E-state index in [1.54, 1.807) is 0 Å². The monoisotopic (exact) mass is 282 g/mol. The van der Waals surface area contributed by atoms with Crippen molar-refractivity contribution in [2.75, 3.05) is 12.8 Å². The molecule has 0 radical (unpaired) electrons. The Kier molecular flexibility index (Phi) is 5.49. The van der Waals surface area contributed by atoms with Crippen molar-refractivity contribution in [1.29, 1.82) is 0 Å². The number of anilines is 1. The molecule has 2 unspecified atom stereocenters. The van der Waals surface area contributed by atoms with E-state index < -0.39 is 23.7 Å². The molecular formula is C14H19FN2O3. The van der Waals surface area contributed by atoms with Crippen molar-refractivity contribution in [2.24, 2.45) is 5.92 Å². The van der Waals surface area contributed by atoms with Crippen molar-refractivity contribution in [2.45, 2.75) is 26.3 Å². The number of esters is 1. The van der Waals surface area contributed by atoms with Crippen LogP contribution in [-0.2, 0) is 9.53 Å². The van der Waals surface area contributed by atoms with E-state index in [-0.39, 0.29) is 17.2 Å². The van der Waals surface area contributed by atoms with Crippen molar-refractivity contribution >= 4 is 17.6 Å². The fourth-order valence-corrected chi connectivity index (χ4v) is 1.69. The molecule has 1 rings (SSSR count). The van der Waals surface area contributed by atoms with E-state index in [1.165, 1.54) is 19.2 Å². The molecule has 5 nitrogen and oxygen atoms in total. The Balaban J connectivity index is 2.90. The minimum absolute atomic E-state index is 0.0343. The van der Waals surface area contributed by atoms with Crippen LogP contribution in [0.1, 0.15) is 30.6 Å². The summed E-state index contributed by atoms with van der Waals surface area (Å²) in [5.41, 5.74) is 5.42. The van der Waals surface area contributed by atoms with Crippen molar-refractivity contribution < 1.29 is 18.7 Å². The van der Waals surface area contributed by atoms with Crippen LogP contribution in [0, 0.1) is 11.7 Å². The lowest BCUT2D eigenvalue weighted by molar-refractivity contribution is -0.144. The summed E-state index contributed by atoms with van der Waals surface area (Å²) in [6.07, 6.45) is 0.691. The Labute approximate surface area is 117 Å². The lowest BCUT2D eigenvalue weighted by Gasteiger charge is -2.21. The van der Waals surface area contributed by atoms with Gasteiger partial charge in [-0.05, 0) is 24.1 Å². The third-order valence-corrected chi connectivity index (χ3v) is 3.22. The number of carbonyl (C=O) groups is 2. The van der Waals surface area contributed by atoms with Crippen molar-refractivity contribution in [3.8, 4) is 0 Å². The van der Waals surface area contributed by atoms with E-state index in [1.807, 2.05) is 13.8 Å². The second kappa shape index (κ2) is 6.88. The Morgan fingerprint density at radius 2 is 2.10 bits per heavy atom. The van der Waals surface area contributed by atoms with Crippen LogP contribution in [0.5, 0.6) is 0 Å². The molecule has 0 spiro atoms. The molecule has 0 fully saturated rings. The molecular weight excluding hydrogens is 263 g/mol. The fraction of sp³-hybridized carbons (Fsp3) is 0.429. The summed E-state index contributed by atoms with van der Waals surface area (Å²) in [7, 11) is 1.26. The molecule has 6 heteroatoms. The Bertz CT molecular complexity index is 505. The van der Waals surface area contributed by atoms with Crippen LogP contribution in [0.25, 0.3) is 0 Å². The average Bonchev–Trinajstić information content (AvgIpc) is 2.45. The minimum Gasteiger partial charge on any atom is -0.467 e. The predicted molar refractivity (Wildman–Crippen MR) is 73.5 cm³/mol. The predicted octanol–water partition coefficient (Wildman–Crippen LogP) is 1.73. The smallest absolute Gasteiger partial charge is 0.328 e. The van der Waals surface area contributed by atoms with Gasteiger partial charge in [-0.3, -0.25) is 4.79 Å². The molecule has 20 heavy (non-hydrogen) atoms. The number of nitrogens with two attached hydrogens (primary N) is 1. The zero-order chi connectivity index (χ0) is 15.3. The highest BCUT2D eigenvalue weighted by molar-refractivity contribution is 5.97. The van der Waals surface area contributed by atoms with Gasteiger partial charge in [0.1, 0.15) is 11.9 Å². The van der Waals surface area contributed by atoms with E-state index in [0.717, 1.165) is 6.07 Å². The van der Waals surface area contributed by atoms with Gasteiger partial charge in [-0.2, -0.15) is 0 Å². The number of methoxy groups -OCH3 is 1. The molecule has 2 atom stereocenters. The van der Waals surface area contributed by atoms with Crippen LogP contribution < -0.4 is 11.1 Å². The van der Waals surface area contributed by atoms with E-state index in [9.17, 15) is 14.0 Å². The first-order valence-electron chi connectivity index (χ1n) is 6.34. The van der Waals surface area contributed by atoms with Gasteiger partial charge in [0.05, 0.1) is 12.8 Å². The first-order chi connectivity index (χ1) is 9.40. The molecule has 1 aromatic rings. The first kappa shape index (κ1) is 15.9. The second-order valence-electron chi connectivity index (χ2n) is 4.60. The van der Waals surface area contributed by atoms with E-state index >= 15 is 0 Å². The number of nitrogens with one attached hydrogen (secondary N) is 1. The Morgan fingerprint density at radius 3 is 2.60 bits per heavy atom. The summed E-state index contributed by atoms with van der Waals surface area (Å²) in [5.74, 6) is -1.83. The lowest BCUT2D eigenvalue weighted by Crippen LogP contribution is -2.45. The van der Waals surface area contributed by atoms with Crippen LogP contribution in [-0.4, -0.2) is 25.0 Å². The molecule has 0 bridgehead atoms. The van der Waals surface area contributed by atoms with Gasteiger partial charge in [-0.15, -0.1) is 0 Å². The summed E-state index contributed by atoms with van der Waals surface area (Å²) >= 11 is 0. The molecule has 1 amide bonds. The zero-order valence-electron chi connectivity index (χ0n) is 11.8. The molecule has 0 aromatic heterocycles. The van der Waals surface area contributed by atoms with Crippen molar-refractivity contribution in [3.05, 3.63) is 29.6 Å². The van der Waals surface area contributed by atoms with Crippen LogP contribution >= 0.6 is 0 Å². The largest absolute Gasteiger partial charge is 0.467 e. The zero-order valence-corrected chi connectivity index (χ0v) is 11.8. The Morgan fingerprint density at radius 1 is 1.45 bits per heavy atom. The number of rotatable bonds is 5. The number of ether oxygens (including phenoxy) is 1. The van der Waals surface area contributed by atoms with E-state index in [4.69, 9.17) is 5.73 Å². The summed E-state index contributed by atoms with van der Waals surface area (Å²) in [6.45, 7) is 3.72.